The van der Waals surface area contributed by atoms with Gasteiger partial charge < -0.3 is 11.1 Å². The summed E-state index contributed by atoms with van der Waals surface area (Å²) in [5.41, 5.74) is 7.99. The molecule has 1 heterocycles. The molecule has 0 aliphatic heterocycles. The number of hydrogen-bond acceptors (Lipinski definition) is 3. The van der Waals surface area contributed by atoms with Gasteiger partial charge in [0, 0.05) is 18.3 Å². The number of aryl methyl sites for hydroxylation is 1. The molecule has 0 saturated carbocycles. The summed E-state index contributed by atoms with van der Waals surface area (Å²) in [7, 11) is 1.89. The quantitative estimate of drug-likeness (QED) is 0.829. The maximum Gasteiger partial charge on any atom is 0.237 e. The van der Waals surface area contributed by atoms with E-state index in [-0.39, 0.29) is 17.9 Å². The van der Waals surface area contributed by atoms with Gasteiger partial charge in [-0.1, -0.05) is 20.3 Å². The van der Waals surface area contributed by atoms with E-state index in [0.717, 1.165) is 17.7 Å². The van der Waals surface area contributed by atoms with E-state index < -0.39 is 6.04 Å². The van der Waals surface area contributed by atoms with Crippen LogP contribution in [-0.2, 0) is 11.8 Å². The van der Waals surface area contributed by atoms with Gasteiger partial charge in [0.15, 0.2) is 0 Å². The molecular weight excluding hydrogens is 228 g/mol. The Labute approximate surface area is 109 Å². The van der Waals surface area contributed by atoms with E-state index in [2.05, 4.69) is 10.4 Å². The lowest BCUT2D eigenvalue weighted by atomic mass is 9.99. The zero-order chi connectivity index (χ0) is 13.9. The number of rotatable bonds is 5. The van der Waals surface area contributed by atoms with Crippen LogP contribution >= 0.6 is 0 Å². The third-order valence-corrected chi connectivity index (χ3v) is 3.66. The van der Waals surface area contributed by atoms with Gasteiger partial charge in [0.05, 0.1) is 18.3 Å². The minimum Gasteiger partial charge on any atom is -0.348 e. The molecule has 1 aromatic heterocycles. The maximum atomic E-state index is 12.0. The molecule has 0 fully saturated rings. The van der Waals surface area contributed by atoms with E-state index in [1.165, 1.54) is 0 Å². The predicted molar refractivity (Wildman–Crippen MR) is 71.9 cm³/mol. The van der Waals surface area contributed by atoms with Crippen LogP contribution in [0.5, 0.6) is 0 Å². The van der Waals surface area contributed by atoms with Crippen molar-refractivity contribution in [1.82, 2.24) is 15.1 Å². The van der Waals surface area contributed by atoms with Crippen molar-refractivity contribution in [1.29, 1.82) is 0 Å². The number of carbonyl (C=O) groups is 1. The van der Waals surface area contributed by atoms with Crippen LogP contribution < -0.4 is 11.1 Å². The second-order valence-corrected chi connectivity index (χ2v) is 4.95. The summed E-state index contributed by atoms with van der Waals surface area (Å²) in [5, 5.41) is 7.12. The van der Waals surface area contributed by atoms with Crippen LogP contribution in [0.3, 0.4) is 0 Å². The molecule has 0 bridgehead atoms. The van der Waals surface area contributed by atoms with Crippen molar-refractivity contribution in [2.45, 2.75) is 46.2 Å². The second kappa shape index (κ2) is 6.00. The van der Waals surface area contributed by atoms with Crippen molar-refractivity contribution in [2.75, 3.05) is 0 Å². The summed E-state index contributed by atoms with van der Waals surface area (Å²) in [6, 6.07) is -0.518. The molecule has 102 valence electrons. The summed E-state index contributed by atoms with van der Waals surface area (Å²) in [4.78, 5) is 12.0. The fourth-order valence-electron chi connectivity index (χ4n) is 1.84. The number of aromatic nitrogens is 2. The molecule has 3 N–H and O–H groups in total. The Kier molecular flexibility index (Phi) is 4.90. The Morgan fingerprint density at radius 1 is 1.56 bits per heavy atom. The molecule has 0 saturated heterocycles. The van der Waals surface area contributed by atoms with E-state index in [4.69, 9.17) is 5.73 Å². The Balaban J connectivity index is 2.68. The van der Waals surface area contributed by atoms with Gasteiger partial charge in [-0.15, -0.1) is 0 Å². The average Bonchev–Trinajstić information content (AvgIpc) is 2.68. The number of nitrogens with one attached hydrogen (secondary N) is 1. The molecule has 18 heavy (non-hydrogen) atoms. The first-order valence-electron chi connectivity index (χ1n) is 6.42. The lowest BCUT2D eigenvalue weighted by Gasteiger charge is -2.21. The van der Waals surface area contributed by atoms with Crippen LogP contribution in [0.4, 0.5) is 0 Å². The molecule has 0 aromatic carbocycles. The van der Waals surface area contributed by atoms with Crippen molar-refractivity contribution in [3.63, 3.8) is 0 Å². The smallest absolute Gasteiger partial charge is 0.237 e. The highest BCUT2D eigenvalue weighted by Crippen LogP contribution is 2.16. The predicted octanol–water partition coefficient (Wildman–Crippen LogP) is 1.28. The number of carbonyl (C=O) groups excluding carboxylic acids is 1. The molecule has 1 aromatic rings. The lowest BCUT2D eigenvalue weighted by molar-refractivity contribution is -0.124. The van der Waals surface area contributed by atoms with Gasteiger partial charge in [0.1, 0.15) is 0 Å². The van der Waals surface area contributed by atoms with Gasteiger partial charge in [-0.3, -0.25) is 9.48 Å². The lowest BCUT2D eigenvalue weighted by Crippen LogP contribution is -2.45. The molecule has 5 heteroatoms. The fraction of sp³-hybridized carbons (Fsp3) is 0.692. The van der Waals surface area contributed by atoms with Crippen molar-refractivity contribution in [3.05, 3.63) is 17.5 Å². The van der Waals surface area contributed by atoms with Crippen molar-refractivity contribution >= 4 is 5.91 Å². The maximum absolute atomic E-state index is 12.0. The van der Waals surface area contributed by atoms with E-state index in [9.17, 15) is 4.79 Å². The molecule has 3 atom stereocenters. The van der Waals surface area contributed by atoms with E-state index in [1.807, 2.05) is 34.7 Å². The molecule has 5 nitrogen and oxygen atoms in total. The topological polar surface area (TPSA) is 72.9 Å². The first-order valence-corrected chi connectivity index (χ1v) is 6.42. The highest BCUT2D eigenvalue weighted by molar-refractivity contribution is 5.82. The van der Waals surface area contributed by atoms with Crippen LogP contribution in [0.25, 0.3) is 0 Å². The summed E-state index contributed by atoms with van der Waals surface area (Å²) >= 11 is 0. The third kappa shape index (κ3) is 3.10. The Morgan fingerprint density at radius 2 is 2.17 bits per heavy atom. The summed E-state index contributed by atoms with van der Waals surface area (Å²) < 4.78 is 1.80. The largest absolute Gasteiger partial charge is 0.348 e. The normalized spacial score (nSPS) is 16.1. The Hall–Kier alpha value is -1.36. The minimum atomic E-state index is -0.450. The number of nitrogens with zero attached hydrogens (tertiary/aromatic N) is 2. The second-order valence-electron chi connectivity index (χ2n) is 4.95. The van der Waals surface area contributed by atoms with Gasteiger partial charge in [0.2, 0.25) is 5.91 Å². The highest BCUT2D eigenvalue weighted by Gasteiger charge is 2.22. The van der Waals surface area contributed by atoms with Crippen LogP contribution in [0, 0.1) is 12.8 Å². The molecule has 0 aliphatic rings. The molecule has 0 aliphatic carbocycles. The molecule has 1 rings (SSSR count). The number of hydrogen-bond donors (Lipinski definition) is 2. The van der Waals surface area contributed by atoms with E-state index in [0.29, 0.717) is 0 Å². The fourth-order valence-corrected chi connectivity index (χ4v) is 1.84. The van der Waals surface area contributed by atoms with Crippen LogP contribution in [0.1, 0.15) is 44.5 Å². The van der Waals surface area contributed by atoms with Crippen molar-refractivity contribution in [3.8, 4) is 0 Å². The van der Waals surface area contributed by atoms with Crippen LogP contribution in [0.2, 0.25) is 0 Å². The van der Waals surface area contributed by atoms with E-state index >= 15 is 0 Å². The van der Waals surface area contributed by atoms with Crippen molar-refractivity contribution < 1.29 is 4.79 Å². The Morgan fingerprint density at radius 3 is 2.61 bits per heavy atom. The first-order chi connectivity index (χ1) is 8.38. The van der Waals surface area contributed by atoms with Gasteiger partial charge in [0.25, 0.3) is 0 Å². The highest BCUT2D eigenvalue weighted by atomic mass is 16.2. The summed E-state index contributed by atoms with van der Waals surface area (Å²) in [6.45, 7) is 7.96. The SMILES string of the molecule is CC[C@H](C)[C@H](N)C(=O)NC(C)c1cnn(C)c1C. The average molecular weight is 252 g/mol. The third-order valence-electron chi connectivity index (χ3n) is 3.66. The zero-order valence-corrected chi connectivity index (χ0v) is 11.9. The van der Waals surface area contributed by atoms with Crippen LogP contribution in [0.15, 0.2) is 6.20 Å². The molecule has 1 amide bonds. The monoisotopic (exact) mass is 252 g/mol. The molecular formula is C13H24N4O. The Bertz CT molecular complexity index is 413. The van der Waals surface area contributed by atoms with Gasteiger partial charge in [-0.2, -0.15) is 5.10 Å². The molecule has 0 spiro atoms. The standard InChI is InChI=1S/C13H24N4O/c1-6-8(2)12(14)13(18)16-9(3)11-7-15-17(5)10(11)4/h7-9,12H,6,14H2,1-5H3,(H,16,18)/t8-,9?,12-/m0/s1. The van der Waals surface area contributed by atoms with Gasteiger partial charge >= 0.3 is 0 Å². The molecule has 1 unspecified atom stereocenters. The summed E-state index contributed by atoms with van der Waals surface area (Å²) in [5.74, 6) is 0.0901. The van der Waals surface area contributed by atoms with Gasteiger partial charge in [-0.25, -0.2) is 0 Å². The first kappa shape index (κ1) is 14.7. The zero-order valence-electron chi connectivity index (χ0n) is 11.9. The summed E-state index contributed by atoms with van der Waals surface area (Å²) in [6.07, 6.45) is 2.68. The van der Waals surface area contributed by atoms with Crippen molar-refractivity contribution in [2.24, 2.45) is 18.7 Å². The minimum absolute atomic E-state index is 0.0682. The molecule has 0 radical (unpaired) electrons. The van der Waals surface area contributed by atoms with Crippen LogP contribution in [-0.4, -0.2) is 21.7 Å². The van der Waals surface area contributed by atoms with E-state index in [1.54, 1.807) is 10.9 Å². The number of amides is 1. The number of nitrogens with two attached hydrogens (primary N) is 1. The van der Waals surface area contributed by atoms with Gasteiger partial charge in [-0.05, 0) is 19.8 Å².